The minimum atomic E-state index is -1.50. The Morgan fingerprint density at radius 3 is 2.36 bits per heavy atom. The van der Waals surface area contributed by atoms with Crippen LogP contribution in [0.3, 0.4) is 0 Å². The first kappa shape index (κ1) is 17.8. The second-order valence-corrected chi connectivity index (χ2v) is 9.84. The van der Waals surface area contributed by atoms with Gasteiger partial charge in [-0.2, -0.15) is 0 Å². The highest BCUT2D eigenvalue weighted by Gasteiger charge is 2.68. The molecule has 4 rings (SSSR count). The fourth-order valence-electron chi connectivity index (χ4n) is 7.49. The molecule has 4 fully saturated rings. The summed E-state index contributed by atoms with van der Waals surface area (Å²) in [7, 11) is 0. The number of aliphatic hydroxyl groups excluding tert-OH is 3. The minimum absolute atomic E-state index is 0.0434. The molecule has 0 radical (unpaired) electrons. The topological polar surface area (TPSA) is 80.9 Å². The molecular formula is C21H32O4. The van der Waals surface area contributed by atoms with Crippen LogP contribution in [0.5, 0.6) is 0 Å². The van der Waals surface area contributed by atoms with Gasteiger partial charge in [0, 0.05) is 5.41 Å². The zero-order valence-electron chi connectivity index (χ0n) is 15.4. The predicted molar refractivity (Wildman–Crippen MR) is 94.3 cm³/mol. The van der Waals surface area contributed by atoms with E-state index in [2.05, 4.69) is 12.8 Å². The summed E-state index contributed by atoms with van der Waals surface area (Å²) in [4.78, 5) is 0. The molecule has 0 heterocycles. The molecule has 4 saturated carbocycles. The molecule has 4 heteroatoms. The van der Waals surface area contributed by atoms with Gasteiger partial charge in [-0.05, 0) is 74.0 Å². The summed E-state index contributed by atoms with van der Waals surface area (Å²) in [6.07, 6.45) is 9.57. The summed E-state index contributed by atoms with van der Waals surface area (Å²) in [6.45, 7) is 4.35. The van der Waals surface area contributed by atoms with Crippen LogP contribution in [0, 0.1) is 46.8 Å². The van der Waals surface area contributed by atoms with Gasteiger partial charge in [0.15, 0.2) is 5.60 Å². The van der Waals surface area contributed by atoms with E-state index in [0.29, 0.717) is 24.7 Å². The van der Waals surface area contributed by atoms with E-state index < -0.39 is 23.2 Å². The van der Waals surface area contributed by atoms with Crippen molar-refractivity contribution in [2.75, 3.05) is 0 Å². The number of fused-ring (bicyclic) bond motifs is 5. The van der Waals surface area contributed by atoms with Crippen LogP contribution in [0.4, 0.5) is 0 Å². The standard InChI is InChI=1S/C21H32O4/c1-4-21(25)17(24)11-15-18-14(6-8-20(15,21)3)19(2)7-5-13(22)9-12(19)10-16(18)23/h1,12-18,22-25H,5-11H2,2-3H3/t12-,13+,14?,15?,16-,17+,18?,19-,20-,21-/m0/s1. The van der Waals surface area contributed by atoms with Crippen molar-refractivity contribution in [2.24, 2.45) is 34.5 Å². The van der Waals surface area contributed by atoms with Gasteiger partial charge in [0.2, 0.25) is 0 Å². The first-order chi connectivity index (χ1) is 11.7. The van der Waals surface area contributed by atoms with Crippen molar-refractivity contribution in [3.8, 4) is 12.3 Å². The van der Waals surface area contributed by atoms with E-state index in [1.165, 1.54) is 0 Å². The third kappa shape index (κ3) is 2.10. The summed E-state index contributed by atoms with van der Waals surface area (Å²) in [5.41, 5.74) is -1.91. The SMILES string of the molecule is C#C[C@]1(O)[C@H](O)CC2C3C(CC[C@@]21C)[C@@]1(C)CC[C@@H](O)C[C@H]1C[C@@H]3O. The molecule has 4 aliphatic carbocycles. The number of rotatable bonds is 0. The molecule has 3 unspecified atom stereocenters. The highest BCUT2D eigenvalue weighted by Crippen LogP contribution is 2.68. The van der Waals surface area contributed by atoms with E-state index in [1.54, 1.807) is 0 Å². The van der Waals surface area contributed by atoms with Gasteiger partial charge in [0.1, 0.15) is 0 Å². The lowest BCUT2D eigenvalue weighted by Gasteiger charge is -2.62. The highest BCUT2D eigenvalue weighted by molar-refractivity contribution is 5.27. The van der Waals surface area contributed by atoms with Crippen molar-refractivity contribution in [3.63, 3.8) is 0 Å². The van der Waals surface area contributed by atoms with Crippen LogP contribution in [-0.2, 0) is 0 Å². The molecule has 0 saturated heterocycles. The third-order valence-corrected chi connectivity index (χ3v) is 9.10. The number of terminal acetylenes is 1. The third-order valence-electron chi connectivity index (χ3n) is 9.10. The minimum Gasteiger partial charge on any atom is -0.393 e. The van der Waals surface area contributed by atoms with Crippen LogP contribution in [0.2, 0.25) is 0 Å². The normalized spacial score (nSPS) is 60.9. The zero-order chi connectivity index (χ0) is 18.2. The Balaban J connectivity index is 1.72. The Labute approximate surface area is 150 Å². The molecule has 10 atom stereocenters. The fraction of sp³-hybridized carbons (Fsp3) is 0.905. The average molecular weight is 348 g/mol. The molecule has 0 aliphatic heterocycles. The number of aliphatic hydroxyl groups is 4. The largest absolute Gasteiger partial charge is 0.393 e. The summed E-state index contributed by atoms with van der Waals surface area (Å²) in [5, 5.41) is 42.7. The molecule has 4 N–H and O–H groups in total. The van der Waals surface area contributed by atoms with Crippen LogP contribution < -0.4 is 0 Å². The summed E-state index contributed by atoms with van der Waals surface area (Å²) < 4.78 is 0. The van der Waals surface area contributed by atoms with Crippen LogP contribution >= 0.6 is 0 Å². The van der Waals surface area contributed by atoms with Crippen molar-refractivity contribution in [1.82, 2.24) is 0 Å². The molecule has 0 spiro atoms. The van der Waals surface area contributed by atoms with E-state index in [1.807, 2.05) is 6.92 Å². The van der Waals surface area contributed by atoms with Gasteiger partial charge < -0.3 is 20.4 Å². The maximum absolute atomic E-state index is 11.0. The van der Waals surface area contributed by atoms with Gasteiger partial charge in [-0.25, -0.2) is 0 Å². The van der Waals surface area contributed by atoms with E-state index >= 15 is 0 Å². The predicted octanol–water partition coefficient (Wildman–Crippen LogP) is 1.70. The summed E-state index contributed by atoms with van der Waals surface area (Å²) in [6, 6.07) is 0. The molecule has 0 aromatic rings. The van der Waals surface area contributed by atoms with Crippen molar-refractivity contribution in [1.29, 1.82) is 0 Å². The Hall–Kier alpha value is -0.600. The second kappa shape index (κ2) is 5.45. The van der Waals surface area contributed by atoms with Gasteiger partial charge in [0.05, 0.1) is 18.3 Å². The molecule has 25 heavy (non-hydrogen) atoms. The van der Waals surface area contributed by atoms with Crippen molar-refractivity contribution in [3.05, 3.63) is 0 Å². The average Bonchev–Trinajstić information content (AvgIpc) is 2.77. The maximum Gasteiger partial charge on any atom is 0.156 e. The second-order valence-electron chi connectivity index (χ2n) is 9.84. The molecular weight excluding hydrogens is 316 g/mol. The molecule has 140 valence electrons. The lowest BCUT2D eigenvalue weighted by molar-refractivity contribution is -0.186. The summed E-state index contributed by atoms with van der Waals surface area (Å²) in [5.74, 6) is 3.35. The first-order valence-corrected chi connectivity index (χ1v) is 9.91. The number of hydrogen-bond acceptors (Lipinski definition) is 4. The monoisotopic (exact) mass is 348 g/mol. The van der Waals surface area contributed by atoms with Crippen molar-refractivity contribution >= 4 is 0 Å². The Morgan fingerprint density at radius 1 is 0.960 bits per heavy atom. The first-order valence-electron chi connectivity index (χ1n) is 9.91. The Bertz CT molecular complexity index is 599. The lowest BCUT2D eigenvalue weighted by atomic mass is 9.43. The van der Waals surface area contributed by atoms with E-state index in [-0.39, 0.29) is 23.4 Å². The van der Waals surface area contributed by atoms with Crippen LogP contribution in [0.15, 0.2) is 0 Å². The number of hydrogen-bond donors (Lipinski definition) is 4. The van der Waals surface area contributed by atoms with Crippen LogP contribution in [-0.4, -0.2) is 44.3 Å². The maximum atomic E-state index is 11.0. The lowest BCUT2D eigenvalue weighted by Crippen LogP contribution is -2.60. The van der Waals surface area contributed by atoms with Crippen molar-refractivity contribution in [2.45, 2.75) is 82.7 Å². The molecule has 0 aromatic carbocycles. The smallest absolute Gasteiger partial charge is 0.156 e. The van der Waals surface area contributed by atoms with Gasteiger partial charge in [-0.1, -0.05) is 19.8 Å². The van der Waals surface area contributed by atoms with E-state index in [0.717, 1.165) is 32.1 Å². The quantitative estimate of drug-likeness (QED) is 0.502. The van der Waals surface area contributed by atoms with Crippen LogP contribution in [0.25, 0.3) is 0 Å². The van der Waals surface area contributed by atoms with Gasteiger partial charge in [0.25, 0.3) is 0 Å². The van der Waals surface area contributed by atoms with E-state index in [4.69, 9.17) is 6.42 Å². The molecule has 0 amide bonds. The van der Waals surface area contributed by atoms with Crippen molar-refractivity contribution < 1.29 is 20.4 Å². The van der Waals surface area contributed by atoms with E-state index in [9.17, 15) is 20.4 Å². The Morgan fingerprint density at radius 2 is 1.68 bits per heavy atom. The van der Waals surface area contributed by atoms with Crippen LogP contribution in [0.1, 0.15) is 58.8 Å². The van der Waals surface area contributed by atoms with Gasteiger partial charge >= 0.3 is 0 Å². The molecule has 4 nitrogen and oxygen atoms in total. The van der Waals surface area contributed by atoms with Gasteiger partial charge in [-0.15, -0.1) is 6.42 Å². The molecule has 0 bridgehead atoms. The van der Waals surface area contributed by atoms with Gasteiger partial charge in [-0.3, -0.25) is 0 Å². The molecule has 0 aromatic heterocycles. The zero-order valence-corrected chi connectivity index (χ0v) is 15.4. The Kier molecular flexibility index (Phi) is 3.88. The highest BCUT2D eigenvalue weighted by atomic mass is 16.3. The molecule has 4 aliphatic rings. The fourth-order valence-corrected chi connectivity index (χ4v) is 7.49. The summed E-state index contributed by atoms with van der Waals surface area (Å²) >= 11 is 0.